The summed E-state index contributed by atoms with van der Waals surface area (Å²) in [6.07, 6.45) is -22.0. The zero-order valence-electron chi connectivity index (χ0n) is 17.4. The van der Waals surface area contributed by atoms with E-state index in [9.17, 15) is 46.0 Å². The molecule has 188 valence electrons. The number of aliphatic hydroxyl groups excluding tert-OH is 9. The van der Waals surface area contributed by atoms with Crippen molar-refractivity contribution in [2.45, 2.75) is 106 Å². The summed E-state index contributed by atoms with van der Waals surface area (Å²) >= 11 is 0. The van der Waals surface area contributed by atoms with Gasteiger partial charge in [-0.1, -0.05) is 0 Å². The highest BCUT2D eigenvalue weighted by molar-refractivity contribution is 4.93. The Kier molecular flexibility index (Phi) is 8.44. The van der Waals surface area contributed by atoms with Crippen molar-refractivity contribution < 1.29 is 69.6 Å². The third kappa shape index (κ3) is 5.08. The smallest absolute Gasteiger partial charge is 0.187 e. The number of hydrogen-bond acceptors (Lipinski definition) is 14. The highest BCUT2D eigenvalue weighted by Gasteiger charge is 2.50. The molecular weight excluding hydrogens is 440 g/mol. The van der Waals surface area contributed by atoms with Crippen LogP contribution in [-0.4, -0.2) is 145 Å². The first-order chi connectivity index (χ1) is 14.9. The van der Waals surface area contributed by atoms with Gasteiger partial charge in [-0.05, 0) is 13.8 Å². The van der Waals surface area contributed by atoms with Crippen molar-refractivity contribution in [2.24, 2.45) is 0 Å². The van der Waals surface area contributed by atoms with Gasteiger partial charge in [0, 0.05) is 0 Å². The summed E-state index contributed by atoms with van der Waals surface area (Å²) in [5, 5.41) is 90.2. The second-order valence-electron chi connectivity index (χ2n) is 8.34. The fourth-order valence-electron chi connectivity index (χ4n) is 3.83. The van der Waals surface area contributed by atoms with Gasteiger partial charge in [0.15, 0.2) is 18.9 Å². The largest absolute Gasteiger partial charge is 0.388 e. The summed E-state index contributed by atoms with van der Waals surface area (Å²) in [6, 6.07) is 0. The van der Waals surface area contributed by atoms with Gasteiger partial charge in [0.05, 0.1) is 18.8 Å². The molecule has 3 saturated heterocycles. The van der Waals surface area contributed by atoms with E-state index in [0.29, 0.717) is 0 Å². The molecule has 0 bridgehead atoms. The van der Waals surface area contributed by atoms with Crippen LogP contribution in [0.25, 0.3) is 0 Å². The SMILES string of the molecule is C[C@@H]1O[C@@H](OC[C@H]2O[C@@H](O)[C@H](O[C@@H]3O[C@@H](C)[C@H](O)[C@@H](O)[C@H]3O)[C@@H](O)[C@@H]2O)[C@H](O)[C@H](O)[C@H]1O. The first kappa shape index (κ1) is 26.1. The fourth-order valence-corrected chi connectivity index (χ4v) is 3.83. The highest BCUT2D eigenvalue weighted by Crippen LogP contribution is 2.29. The predicted molar refractivity (Wildman–Crippen MR) is 98.4 cm³/mol. The van der Waals surface area contributed by atoms with Crippen molar-refractivity contribution in [1.29, 1.82) is 0 Å². The maximum absolute atomic E-state index is 10.4. The molecule has 14 heteroatoms. The summed E-state index contributed by atoms with van der Waals surface area (Å²) in [6.45, 7) is 2.39. The zero-order valence-corrected chi connectivity index (χ0v) is 17.4. The van der Waals surface area contributed by atoms with E-state index in [1.807, 2.05) is 0 Å². The first-order valence-electron chi connectivity index (χ1n) is 10.3. The summed E-state index contributed by atoms with van der Waals surface area (Å²) < 4.78 is 26.4. The van der Waals surface area contributed by atoms with Gasteiger partial charge in [-0.2, -0.15) is 0 Å². The van der Waals surface area contributed by atoms with Gasteiger partial charge >= 0.3 is 0 Å². The molecular formula is C18H32O14. The molecule has 0 aromatic rings. The van der Waals surface area contributed by atoms with Crippen LogP contribution in [0, 0.1) is 0 Å². The fraction of sp³-hybridized carbons (Fsp3) is 1.00. The Balaban J connectivity index is 1.58. The van der Waals surface area contributed by atoms with Gasteiger partial charge in [-0.25, -0.2) is 0 Å². The van der Waals surface area contributed by atoms with Crippen LogP contribution in [0.15, 0.2) is 0 Å². The second-order valence-corrected chi connectivity index (χ2v) is 8.34. The maximum Gasteiger partial charge on any atom is 0.187 e. The Morgan fingerprint density at radius 1 is 0.562 bits per heavy atom. The molecule has 0 aromatic carbocycles. The van der Waals surface area contributed by atoms with Gasteiger partial charge in [0.25, 0.3) is 0 Å². The Hall–Kier alpha value is -0.560. The van der Waals surface area contributed by atoms with Gasteiger partial charge in [-0.15, -0.1) is 0 Å². The van der Waals surface area contributed by atoms with Crippen molar-refractivity contribution in [2.75, 3.05) is 6.61 Å². The molecule has 0 amide bonds. The number of aliphatic hydroxyl groups is 9. The molecule has 3 heterocycles. The molecule has 0 radical (unpaired) electrons. The number of ether oxygens (including phenoxy) is 5. The summed E-state index contributed by atoms with van der Waals surface area (Å²) in [5.74, 6) is 0. The topological polar surface area (TPSA) is 228 Å². The van der Waals surface area contributed by atoms with Crippen molar-refractivity contribution >= 4 is 0 Å². The Labute approximate surface area is 183 Å². The molecule has 3 aliphatic rings. The molecule has 15 atom stereocenters. The van der Waals surface area contributed by atoms with Crippen molar-refractivity contribution in [3.05, 3.63) is 0 Å². The second kappa shape index (κ2) is 10.4. The Morgan fingerprint density at radius 2 is 1.06 bits per heavy atom. The average molecular weight is 472 g/mol. The minimum atomic E-state index is -1.82. The van der Waals surface area contributed by atoms with Crippen LogP contribution in [-0.2, 0) is 23.7 Å². The standard InChI is InChI=1S/C18H32O14/c1-4-7(19)10(22)13(25)17(29-4)28-3-6-9(21)12(24)15(16(27)31-6)32-18-14(26)11(23)8(20)5(2)30-18/h4-27H,3H2,1-2H3/t4-,5-,6+,7-,8-,9+,10+,11+,12-,13+,14+,15+,16+,17+,18-/m0/s1. The first-order valence-corrected chi connectivity index (χ1v) is 10.3. The molecule has 0 aliphatic carbocycles. The summed E-state index contributed by atoms with van der Waals surface area (Å²) in [5.41, 5.74) is 0. The van der Waals surface area contributed by atoms with E-state index in [1.165, 1.54) is 13.8 Å². The van der Waals surface area contributed by atoms with Crippen LogP contribution in [0.4, 0.5) is 0 Å². The van der Waals surface area contributed by atoms with Crippen LogP contribution < -0.4 is 0 Å². The van der Waals surface area contributed by atoms with Gasteiger partial charge in [-0.3, -0.25) is 0 Å². The average Bonchev–Trinajstić information content (AvgIpc) is 2.76. The lowest BCUT2D eigenvalue weighted by Gasteiger charge is -2.45. The molecule has 3 rings (SSSR count). The van der Waals surface area contributed by atoms with E-state index < -0.39 is 98.7 Å². The van der Waals surface area contributed by atoms with E-state index >= 15 is 0 Å². The molecule has 0 unspecified atom stereocenters. The van der Waals surface area contributed by atoms with Crippen LogP contribution in [0.5, 0.6) is 0 Å². The molecule has 0 spiro atoms. The molecule has 3 fully saturated rings. The molecule has 14 nitrogen and oxygen atoms in total. The summed E-state index contributed by atoms with van der Waals surface area (Å²) in [7, 11) is 0. The van der Waals surface area contributed by atoms with E-state index in [4.69, 9.17) is 23.7 Å². The lowest BCUT2D eigenvalue weighted by Crippen LogP contribution is -2.64. The van der Waals surface area contributed by atoms with Crippen LogP contribution in [0.2, 0.25) is 0 Å². The van der Waals surface area contributed by atoms with Crippen molar-refractivity contribution in [1.82, 2.24) is 0 Å². The zero-order chi connectivity index (χ0) is 23.9. The van der Waals surface area contributed by atoms with Crippen molar-refractivity contribution in [3.63, 3.8) is 0 Å². The number of hydrogen-bond donors (Lipinski definition) is 9. The Morgan fingerprint density at radius 3 is 1.62 bits per heavy atom. The minimum absolute atomic E-state index is 0.482. The molecule has 0 saturated carbocycles. The molecule has 0 aromatic heterocycles. The van der Waals surface area contributed by atoms with Gasteiger partial charge in [0.1, 0.15) is 61.0 Å². The highest BCUT2D eigenvalue weighted by atomic mass is 16.7. The molecule has 32 heavy (non-hydrogen) atoms. The third-order valence-corrected chi connectivity index (χ3v) is 6.00. The molecule has 9 N–H and O–H groups in total. The molecule has 3 aliphatic heterocycles. The van der Waals surface area contributed by atoms with Gasteiger partial charge < -0.3 is 69.6 Å². The lowest BCUT2D eigenvalue weighted by atomic mass is 9.97. The summed E-state index contributed by atoms with van der Waals surface area (Å²) in [4.78, 5) is 0. The maximum atomic E-state index is 10.4. The number of rotatable bonds is 5. The quantitative estimate of drug-likeness (QED) is 0.182. The van der Waals surface area contributed by atoms with Gasteiger partial charge in [0.2, 0.25) is 0 Å². The van der Waals surface area contributed by atoms with Crippen LogP contribution in [0.1, 0.15) is 13.8 Å². The minimum Gasteiger partial charge on any atom is -0.388 e. The van der Waals surface area contributed by atoms with Crippen molar-refractivity contribution in [3.8, 4) is 0 Å². The monoisotopic (exact) mass is 472 g/mol. The Bertz CT molecular complexity index is 608. The third-order valence-electron chi connectivity index (χ3n) is 6.00. The van der Waals surface area contributed by atoms with E-state index in [2.05, 4.69) is 0 Å². The van der Waals surface area contributed by atoms with Crippen LogP contribution in [0.3, 0.4) is 0 Å². The van der Waals surface area contributed by atoms with E-state index in [0.717, 1.165) is 0 Å². The van der Waals surface area contributed by atoms with E-state index in [1.54, 1.807) is 0 Å². The normalized spacial score (nSPS) is 55.0. The lowest BCUT2D eigenvalue weighted by molar-refractivity contribution is -0.364. The van der Waals surface area contributed by atoms with E-state index in [-0.39, 0.29) is 0 Å². The predicted octanol–water partition coefficient (Wildman–Crippen LogP) is -5.52. The van der Waals surface area contributed by atoms with Crippen LogP contribution >= 0.6 is 0 Å².